The molecule has 3 atom stereocenters. The molecule has 0 bridgehead atoms. The standard InChI is InChI=1S/C14H20F2N2O/c1-9-6-10(9)8-18-12(7-17)11-4-2-3-5-13(11)19-14(15)16/h2-5,9-10,12,14,18H,6-8,17H2,1H3. The van der Waals surface area contributed by atoms with Crippen LogP contribution >= 0.6 is 0 Å². The van der Waals surface area contributed by atoms with Gasteiger partial charge in [0.15, 0.2) is 0 Å². The minimum Gasteiger partial charge on any atom is -0.434 e. The zero-order chi connectivity index (χ0) is 13.8. The Morgan fingerprint density at radius 1 is 1.42 bits per heavy atom. The quantitative estimate of drug-likeness (QED) is 0.800. The highest BCUT2D eigenvalue weighted by atomic mass is 19.3. The topological polar surface area (TPSA) is 47.3 Å². The van der Waals surface area contributed by atoms with Crippen LogP contribution in [0.2, 0.25) is 0 Å². The molecule has 1 saturated carbocycles. The van der Waals surface area contributed by atoms with Crippen LogP contribution in [0.5, 0.6) is 5.75 Å². The van der Waals surface area contributed by atoms with E-state index in [0.717, 1.165) is 12.5 Å². The van der Waals surface area contributed by atoms with Gasteiger partial charge in [0.1, 0.15) is 5.75 Å². The molecule has 0 heterocycles. The predicted octanol–water partition coefficient (Wildman–Crippen LogP) is 2.53. The number of hydrogen-bond donors (Lipinski definition) is 2. The monoisotopic (exact) mass is 270 g/mol. The molecule has 19 heavy (non-hydrogen) atoms. The zero-order valence-corrected chi connectivity index (χ0v) is 11.0. The number of ether oxygens (including phenoxy) is 1. The van der Waals surface area contributed by atoms with Crippen molar-refractivity contribution in [3.05, 3.63) is 29.8 Å². The van der Waals surface area contributed by atoms with E-state index in [1.807, 2.05) is 0 Å². The maximum Gasteiger partial charge on any atom is 0.387 e. The van der Waals surface area contributed by atoms with Gasteiger partial charge in [-0.1, -0.05) is 25.1 Å². The first-order valence-electron chi connectivity index (χ1n) is 6.59. The molecule has 106 valence electrons. The van der Waals surface area contributed by atoms with Crippen molar-refractivity contribution in [2.24, 2.45) is 17.6 Å². The largest absolute Gasteiger partial charge is 0.434 e. The molecule has 0 saturated heterocycles. The van der Waals surface area contributed by atoms with Gasteiger partial charge in [-0.3, -0.25) is 0 Å². The number of nitrogens with two attached hydrogens (primary N) is 1. The van der Waals surface area contributed by atoms with Crippen molar-refractivity contribution in [1.82, 2.24) is 5.32 Å². The average Bonchev–Trinajstić information content (AvgIpc) is 3.07. The van der Waals surface area contributed by atoms with Gasteiger partial charge in [0.2, 0.25) is 0 Å². The lowest BCUT2D eigenvalue weighted by Crippen LogP contribution is -2.30. The third kappa shape index (κ3) is 3.88. The molecule has 0 aliphatic heterocycles. The summed E-state index contributed by atoms with van der Waals surface area (Å²) >= 11 is 0. The lowest BCUT2D eigenvalue weighted by atomic mass is 10.1. The highest BCUT2D eigenvalue weighted by molar-refractivity contribution is 5.36. The third-order valence-corrected chi connectivity index (χ3v) is 3.65. The summed E-state index contributed by atoms with van der Waals surface area (Å²) in [5.74, 6) is 1.63. The van der Waals surface area contributed by atoms with Gasteiger partial charge in [0.25, 0.3) is 0 Å². The molecule has 3 unspecified atom stereocenters. The van der Waals surface area contributed by atoms with E-state index in [4.69, 9.17) is 5.73 Å². The van der Waals surface area contributed by atoms with E-state index >= 15 is 0 Å². The van der Waals surface area contributed by atoms with E-state index in [0.29, 0.717) is 18.0 Å². The number of hydrogen-bond acceptors (Lipinski definition) is 3. The van der Waals surface area contributed by atoms with Gasteiger partial charge in [-0.05, 0) is 30.9 Å². The van der Waals surface area contributed by atoms with E-state index in [-0.39, 0.29) is 11.8 Å². The second kappa shape index (κ2) is 6.30. The summed E-state index contributed by atoms with van der Waals surface area (Å²) in [5.41, 5.74) is 6.43. The fraction of sp³-hybridized carbons (Fsp3) is 0.571. The predicted molar refractivity (Wildman–Crippen MR) is 70.1 cm³/mol. The van der Waals surface area contributed by atoms with Crippen LogP contribution in [0.1, 0.15) is 24.9 Å². The molecule has 1 fully saturated rings. The lowest BCUT2D eigenvalue weighted by molar-refractivity contribution is -0.0507. The van der Waals surface area contributed by atoms with Crippen LogP contribution in [0.25, 0.3) is 0 Å². The van der Waals surface area contributed by atoms with Crippen molar-refractivity contribution in [1.29, 1.82) is 0 Å². The van der Waals surface area contributed by atoms with Crippen molar-refractivity contribution in [2.45, 2.75) is 26.0 Å². The molecule has 3 nitrogen and oxygen atoms in total. The minimum atomic E-state index is -2.82. The van der Waals surface area contributed by atoms with E-state index < -0.39 is 6.61 Å². The van der Waals surface area contributed by atoms with Crippen molar-refractivity contribution in [3.8, 4) is 5.75 Å². The van der Waals surface area contributed by atoms with Crippen LogP contribution in [-0.2, 0) is 0 Å². The Kier molecular flexibility index (Phi) is 4.71. The number of nitrogens with one attached hydrogen (secondary N) is 1. The first-order valence-corrected chi connectivity index (χ1v) is 6.59. The highest BCUT2D eigenvalue weighted by Crippen LogP contribution is 2.37. The molecule has 1 aromatic rings. The van der Waals surface area contributed by atoms with Crippen molar-refractivity contribution in [3.63, 3.8) is 0 Å². The van der Waals surface area contributed by atoms with Gasteiger partial charge in [-0.15, -0.1) is 0 Å². The Bertz CT molecular complexity index is 414. The summed E-state index contributed by atoms with van der Waals surface area (Å²) in [6, 6.07) is 6.65. The van der Waals surface area contributed by atoms with Gasteiger partial charge in [0.05, 0.1) is 0 Å². The second-order valence-corrected chi connectivity index (χ2v) is 5.09. The smallest absolute Gasteiger partial charge is 0.387 e. The first-order chi connectivity index (χ1) is 9.11. The van der Waals surface area contributed by atoms with Crippen molar-refractivity contribution < 1.29 is 13.5 Å². The van der Waals surface area contributed by atoms with Gasteiger partial charge in [-0.25, -0.2) is 0 Å². The van der Waals surface area contributed by atoms with Crippen molar-refractivity contribution in [2.75, 3.05) is 13.1 Å². The number of benzene rings is 1. The maximum absolute atomic E-state index is 12.4. The molecule has 1 aromatic carbocycles. The summed E-state index contributed by atoms with van der Waals surface area (Å²) in [7, 11) is 0. The van der Waals surface area contributed by atoms with Crippen LogP contribution < -0.4 is 15.8 Å². The molecule has 0 aromatic heterocycles. The summed E-state index contributed by atoms with van der Waals surface area (Å²) < 4.78 is 29.3. The van der Waals surface area contributed by atoms with Gasteiger partial charge < -0.3 is 15.8 Å². The first kappa shape index (κ1) is 14.2. The fourth-order valence-electron chi connectivity index (χ4n) is 2.27. The maximum atomic E-state index is 12.4. The van der Waals surface area contributed by atoms with E-state index in [9.17, 15) is 8.78 Å². The summed E-state index contributed by atoms with van der Waals surface area (Å²) in [6.45, 7) is 0.608. The molecule has 5 heteroatoms. The zero-order valence-electron chi connectivity index (χ0n) is 11.0. The molecule has 0 radical (unpaired) electrons. The van der Waals surface area contributed by atoms with Crippen LogP contribution in [0.3, 0.4) is 0 Å². The molecule has 3 N–H and O–H groups in total. The molecule has 1 aliphatic rings. The summed E-state index contributed by atoms with van der Waals surface area (Å²) in [6.07, 6.45) is 1.22. The normalized spacial score (nSPS) is 23.4. The lowest BCUT2D eigenvalue weighted by Gasteiger charge is -2.20. The molecule has 2 rings (SSSR count). The van der Waals surface area contributed by atoms with E-state index in [1.54, 1.807) is 24.3 Å². The van der Waals surface area contributed by atoms with E-state index in [1.165, 1.54) is 6.42 Å². The van der Waals surface area contributed by atoms with Crippen LogP contribution in [0.4, 0.5) is 8.78 Å². The SMILES string of the molecule is CC1CC1CNC(CN)c1ccccc1OC(F)F. The minimum absolute atomic E-state index is 0.150. The Hall–Kier alpha value is -1.20. The van der Waals surface area contributed by atoms with Crippen molar-refractivity contribution >= 4 is 0 Å². The van der Waals surface area contributed by atoms with Gasteiger partial charge in [-0.2, -0.15) is 8.78 Å². The molecular formula is C14H20F2N2O. The molecule has 0 amide bonds. The van der Waals surface area contributed by atoms with Crippen LogP contribution in [0, 0.1) is 11.8 Å². The number of rotatable bonds is 7. The second-order valence-electron chi connectivity index (χ2n) is 5.09. The summed E-state index contributed by atoms with van der Waals surface area (Å²) in [5, 5.41) is 3.34. The molecular weight excluding hydrogens is 250 g/mol. The van der Waals surface area contributed by atoms with E-state index in [2.05, 4.69) is 17.0 Å². The van der Waals surface area contributed by atoms with Crippen LogP contribution in [0.15, 0.2) is 24.3 Å². The third-order valence-electron chi connectivity index (χ3n) is 3.65. The van der Waals surface area contributed by atoms with Gasteiger partial charge >= 0.3 is 6.61 Å². The summed E-state index contributed by atoms with van der Waals surface area (Å²) in [4.78, 5) is 0. The van der Waals surface area contributed by atoms with Gasteiger partial charge in [0, 0.05) is 18.2 Å². The fourth-order valence-corrected chi connectivity index (χ4v) is 2.27. The number of para-hydroxylation sites is 1. The Balaban J connectivity index is 2.03. The number of halogens is 2. The number of alkyl halides is 2. The Morgan fingerprint density at radius 2 is 2.11 bits per heavy atom. The highest BCUT2D eigenvalue weighted by Gasteiger charge is 2.32. The Labute approximate surface area is 112 Å². The Morgan fingerprint density at radius 3 is 2.68 bits per heavy atom. The molecule has 0 spiro atoms. The average molecular weight is 270 g/mol. The van der Waals surface area contributed by atoms with Crippen LogP contribution in [-0.4, -0.2) is 19.7 Å². The molecule has 1 aliphatic carbocycles.